The van der Waals surface area contributed by atoms with Gasteiger partial charge in [-0.05, 0) is 31.0 Å². The molecule has 5 rings (SSSR count). The van der Waals surface area contributed by atoms with Gasteiger partial charge in [0, 0.05) is 37.8 Å². The Morgan fingerprint density at radius 2 is 2.04 bits per heavy atom. The standard InChI is InChI=1S/C20H19F2N5O/c1-26(18-14-5-6-23-17(14)24-11-25-18)12-7-20(8-12)9-27(10-20)19(28)13-3-2-4-15(21)16(13)22/h2-6,11-12H,7-10H2,1H3,(H,23,24,25). The summed E-state index contributed by atoms with van der Waals surface area (Å²) < 4.78 is 27.3. The van der Waals surface area contributed by atoms with E-state index in [0.717, 1.165) is 35.8 Å². The maximum absolute atomic E-state index is 13.9. The maximum atomic E-state index is 13.9. The molecule has 0 radical (unpaired) electrons. The summed E-state index contributed by atoms with van der Waals surface area (Å²) >= 11 is 0. The zero-order chi connectivity index (χ0) is 19.5. The molecule has 3 heterocycles. The number of aromatic nitrogens is 3. The summed E-state index contributed by atoms with van der Waals surface area (Å²) in [4.78, 5) is 28.0. The third kappa shape index (κ3) is 2.47. The lowest BCUT2D eigenvalue weighted by Crippen LogP contribution is -2.67. The topological polar surface area (TPSA) is 65.1 Å². The molecule has 1 saturated carbocycles. The van der Waals surface area contributed by atoms with Gasteiger partial charge in [0.1, 0.15) is 17.8 Å². The zero-order valence-corrected chi connectivity index (χ0v) is 15.3. The lowest BCUT2D eigenvalue weighted by molar-refractivity contribution is -0.0543. The predicted molar refractivity (Wildman–Crippen MR) is 100 cm³/mol. The van der Waals surface area contributed by atoms with Crippen LogP contribution < -0.4 is 4.90 Å². The van der Waals surface area contributed by atoms with Crippen molar-refractivity contribution in [2.24, 2.45) is 5.41 Å². The normalized spacial score (nSPS) is 18.2. The molecule has 3 aromatic rings. The molecule has 28 heavy (non-hydrogen) atoms. The second-order valence-electron chi connectivity index (χ2n) is 7.87. The Kier molecular flexibility index (Phi) is 3.65. The molecule has 1 aliphatic heterocycles. The Labute approximate surface area is 160 Å². The fourth-order valence-electron chi connectivity index (χ4n) is 4.53. The smallest absolute Gasteiger partial charge is 0.256 e. The first-order valence-corrected chi connectivity index (χ1v) is 9.22. The Balaban J connectivity index is 1.24. The molecule has 2 fully saturated rings. The van der Waals surface area contributed by atoms with Gasteiger partial charge in [-0.2, -0.15) is 0 Å². The number of amides is 1. The van der Waals surface area contributed by atoms with Crippen LogP contribution in [0.4, 0.5) is 14.6 Å². The highest BCUT2D eigenvalue weighted by molar-refractivity contribution is 5.95. The molecule has 1 spiro atoms. The van der Waals surface area contributed by atoms with Gasteiger partial charge in [0.2, 0.25) is 0 Å². The number of halogens is 2. The van der Waals surface area contributed by atoms with Crippen molar-refractivity contribution in [3.63, 3.8) is 0 Å². The third-order valence-electron chi connectivity index (χ3n) is 6.07. The highest BCUT2D eigenvalue weighted by Gasteiger charge is 2.55. The van der Waals surface area contributed by atoms with Crippen LogP contribution in [0.2, 0.25) is 0 Å². The number of hydrogen-bond donors (Lipinski definition) is 1. The summed E-state index contributed by atoms with van der Waals surface area (Å²) in [6.07, 6.45) is 5.28. The van der Waals surface area contributed by atoms with Crippen molar-refractivity contribution in [2.45, 2.75) is 18.9 Å². The molecule has 144 valence electrons. The first kappa shape index (κ1) is 17.1. The maximum Gasteiger partial charge on any atom is 0.256 e. The van der Waals surface area contributed by atoms with Crippen molar-refractivity contribution in [3.8, 4) is 0 Å². The number of benzene rings is 1. The van der Waals surface area contributed by atoms with Crippen molar-refractivity contribution < 1.29 is 13.6 Å². The van der Waals surface area contributed by atoms with Gasteiger partial charge in [-0.15, -0.1) is 0 Å². The number of likely N-dealkylation sites (tertiary alicyclic amines) is 1. The van der Waals surface area contributed by atoms with E-state index < -0.39 is 17.5 Å². The van der Waals surface area contributed by atoms with E-state index in [4.69, 9.17) is 0 Å². The summed E-state index contributed by atoms with van der Waals surface area (Å²) in [7, 11) is 2.02. The number of carbonyl (C=O) groups is 1. The number of anilines is 1. The van der Waals surface area contributed by atoms with Crippen LogP contribution in [0.1, 0.15) is 23.2 Å². The van der Waals surface area contributed by atoms with Crippen molar-refractivity contribution in [3.05, 3.63) is 54.0 Å². The fourth-order valence-corrected chi connectivity index (χ4v) is 4.53. The number of nitrogens with one attached hydrogen (secondary N) is 1. The van der Waals surface area contributed by atoms with Gasteiger partial charge in [-0.25, -0.2) is 18.7 Å². The molecular formula is C20H19F2N5O. The molecule has 0 unspecified atom stereocenters. The Bertz CT molecular complexity index is 1070. The van der Waals surface area contributed by atoms with Crippen LogP contribution in [-0.2, 0) is 0 Å². The van der Waals surface area contributed by atoms with Gasteiger partial charge >= 0.3 is 0 Å². The predicted octanol–water partition coefficient (Wildman–Crippen LogP) is 2.98. The third-order valence-corrected chi connectivity index (χ3v) is 6.07. The summed E-state index contributed by atoms with van der Waals surface area (Å²) in [6, 6.07) is 6.01. The molecule has 0 bridgehead atoms. The van der Waals surface area contributed by atoms with Crippen LogP contribution in [-0.4, -0.2) is 51.9 Å². The van der Waals surface area contributed by atoms with E-state index in [2.05, 4.69) is 19.9 Å². The number of carbonyl (C=O) groups excluding carboxylic acids is 1. The minimum Gasteiger partial charge on any atom is -0.356 e. The molecule has 1 aliphatic carbocycles. The van der Waals surface area contributed by atoms with Gasteiger partial charge in [-0.1, -0.05) is 6.07 Å². The largest absolute Gasteiger partial charge is 0.356 e. The van der Waals surface area contributed by atoms with E-state index in [-0.39, 0.29) is 11.0 Å². The number of H-pyrrole nitrogens is 1. The van der Waals surface area contributed by atoms with Gasteiger partial charge in [0.25, 0.3) is 5.91 Å². The number of hydrogen-bond acceptors (Lipinski definition) is 4. The van der Waals surface area contributed by atoms with Crippen LogP contribution in [0.3, 0.4) is 0 Å². The number of aromatic amines is 1. The Morgan fingerprint density at radius 3 is 2.82 bits per heavy atom. The number of fused-ring (bicyclic) bond motifs is 1. The second kappa shape index (κ2) is 5.98. The first-order chi connectivity index (χ1) is 13.5. The summed E-state index contributed by atoms with van der Waals surface area (Å²) in [5, 5.41) is 0.984. The van der Waals surface area contributed by atoms with E-state index in [1.807, 2.05) is 19.3 Å². The zero-order valence-electron chi connectivity index (χ0n) is 15.3. The van der Waals surface area contributed by atoms with E-state index in [1.165, 1.54) is 12.1 Å². The first-order valence-electron chi connectivity index (χ1n) is 9.22. The van der Waals surface area contributed by atoms with Crippen LogP contribution in [0.25, 0.3) is 11.0 Å². The SMILES string of the molecule is CN(c1ncnc2[nH]ccc12)C1CC2(C1)CN(C(=O)c1cccc(F)c1F)C2. The van der Waals surface area contributed by atoms with Crippen LogP contribution in [0.5, 0.6) is 0 Å². The lowest BCUT2D eigenvalue weighted by atomic mass is 9.60. The average Bonchev–Trinajstić information content (AvgIpc) is 3.10. The highest BCUT2D eigenvalue weighted by atomic mass is 19.2. The van der Waals surface area contributed by atoms with Crippen LogP contribution >= 0.6 is 0 Å². The summed E-state index contributed by atoms with van der Waals surface area (Å²) in [6.45, 7) is 1.16. The minimum atomic E-state index is -1.07. The molecule has 0 atom stereocenters. The number of rotatable bonds is 3. The molecular weight excluding hydrogens is 364 g/mol. The summed E-state index contributed by atoms with van der Waals surface area (Å²) in [5.41, 5.74) is 0.685. The molecule has 2 aromatic heterocycles. The van der Waals surface area contributed by atoms with Gasteiger partial charge in [0.05, 0.1) is 10.9 Å². The molecule has 1 saturated heterocycles. The monoisotopic (exact) mass is 383 g/mol. The Hall–Kier alpha value is -3.03. The lowest BCUT2D eigenvalue weighted by Gasteiger charge is -2.60. The summed E-state index contributed by atoms with van der Waals surface area (Å²) in [5.74, 6) is -1.62. The van der Waals surface area contributed by atoms with Crippen LogP contribution in [0, 0.1) is 17.0 Å². The quantitative estimate of drug-likeness (QED) is 0.755. The average molecular weight is 383 g/mol. The van der Waals surface area contributed by atoms with Crippen molar-refractivity contribution in [1.82, 2.24) is 19.9 Å². The Morgan fingerprint density at radius 1 is 1.25 bits per heavy atom. The van der Waals surface area contributed by atoms with E-state index >= 15 is 0 Å². The van der Waals surface area contributed by atoms with Crippen LogP contribution in [0.15, 0.2) is 36.8 Å². The molecule has 1 aromatic carbocycles. The van der Waals surface area contributed by atoms with Gasteiger partial charge in [-0.3, -0.25) is 4.79 Å². The van der Waals surface area contributed by atoms with Gasteiger partial charge in [0.15, 0.2) is 11.6 Å². The van der Waals surface area contributed by atoms with Crippen molar-refractivity contribution in [2.75, 3.05) is 25.0 Å². The number of nitrogens with zero attached hydrogens (tertiary/aromatic N) is 4. The molecule has 2 aliphatic rings. The van der Waals surface area contributed by atoms with E-state index in [9.17, 15) is 13.6 Å². The molecule has 1 amide bonds. The molecule has 1 N–H and O–H groups in total. The molecule has 6 nitrogen and oxygen atoms in total. The highest BCUT2D eigenvalue weighted by Crippen LogP contribution is 2.51. The van der Waals surface area contributed by atoms with Gasteiger partial charge < -0.3 is 14.8 Å². The van der Waals surface area contributed by atoms with E-state index in [0.29, 0.717) is 19.1 Å². The molecule has 8 heteroatoms. The minimum absolute atomic E-state index is 0.0721. The fraction of sp³-hybridized carbons (Fsp3) is 0.350. The van der Waals surface area contributed by atoms with Crippen molar-refractivity contribution >= 4 is 22.8 Å². The van der Waals surface area contributed by atoms with Crippen molar-refractivity contribution in [1.29, 1.82) is 0 Å². The van der Waals surface area contributed by atoms with E-state index in [1.54, 1.807) is 11.2 Å². The second-order valence-corrected chi connectivity index (χ2v) is 7.87.